The Morgan fingerprint density at radius 2 is 1.10 bits per heavy atom. The van der Waals surface area contributed by atoms with Gasteiger partial charge in [0, 0.05) is 0 Å². The highest BCUT2D eigenvalue weighted by Gasteiger charge is 2.53. The average Bonchev–Trinajstić information content (AvgIpc) is 2.60. The first-order chi connectivity index (χ1) is 13.7. The van der Waals surface area contributed by atoms with Crippen LogP contribution in [0.3, 0.4) is 0 Å². The Morgan fingerprint density at radius 3 is 1.40 bits per heavy atom. The van der Waals surface area contributed by atoms with Gasteiger partial charge in [0.05, 0.1) is 12.2 Å². The summed E-state index contributed by atoms with van der Waals surface area (Å²) in [5.41, 5.74) is 0.0869. The molecular formula is C25H47O4P. The van der Waals surface area contributed by atoms with E-state index >= 15 is 0 Å². The lowest BCUT2D eigenvalue weighted by Crippen LogP contribution is -2.50. The van der Waals surface area contributed by atoms with E-state index in [0.29, 0.717) is 23.7 Å². The van der Waals surface area contributed by atoms with Crippen LogP contribution in [-0.4, -0.2) is 17.1 Å². The molecular weight excluding hydrogens is 395 g/mol. The van der Waals surface area contributed by atoms with Crippen LogP contribution < -0.4 is 0 Å². The third-order valence-corrected chi connectivity index (χ3v) is 9.68. The molecule has 0 radical (unpaired) electrons. The minimum absolute atomic E-state index is 0.0435. The molecule has 1 saturated heterocycles. The zero-order valence-electron chi connectivity index (χ0n) is 20.7. The molecule has 1 N–H and O–H groups in total. The summed E-state index contributed by atoms with van der Waals surface area (Å²) in [5.74, 6) is 2.62. The van der Waals surface area contributed by atoms with Crippen molar-refractivity contribution < 1.29 is 18.5 Å². The second-order valence-electron chi connectivity index (χ2n) is 12.8. The highest BCUT2D eigenvalue weighted by molar-refractivity contribution is 7.47. The van der Waals surface area contributed by atoms with E-state index in [1.165, 1.54) is 12.8 Å². The van der Waals surface area contributed by atoms with E-state index in [1.807, 2.05) is 0 Å². The molecule has 5 heteroatoms. The fourth-order valence-corrected chi connectivity index (χ4v) is 8.12. The fraction of sp³-hybridized carbons (Fsp3) is 1.00. The molecule has 176 valence electrons. The topological polar surface area (TPSA) is 55.8 Å². The van der Waals surface area contributed by atoms with Crippen molar-refractivity contribution in [3.8, 4) is 0 Å². The van der Waals surface area contributed by atoms with Crippen molar-refractivity contribution in [2.75, 3.05) is 0 Å². The van der Waals surface area contributed by atoms with Crippen molar-refractivity contribution in [1.29, 1.82) is 0 Å². The Kier molecular flexibility index (Phi) is 7.26. The first kappa shape index (κ1) is 24.7. The second-order valence-corrected chi connectivity index (χ2v) is 14.2. The number of hydrogen-bond acceptors (Lipinski definition) is 3. The predicted molar refractivity (Wildman–Crippen MR) is 123 cm³/mol. The standard InChI is InChI=1S/C25H47O4P/c1-9-16-11-18-15-19-12-17(10-2)14-21(25(6,7)8)23(19)29-30(26,27)28-22(18)20(13-16)24(3,4)5/h16-23H,9-15H2,1-8H3,(H,26,27). The highest BCUT2D eigenvalue weighted by Crippen LogP contribution is 2.60. The Hall–Kier alpha value is 0.110. The molecule has 0 amide bonds. The Bertz CT molecular complexity index is 584. The maximum absolute atomic E-state index is 13.3. The van der Waals surface area contributed by atoms with Crippen LogP contribution >= 0.6 is 7.82 Å². The van der Waals surface area contributed by atoms with Gasteiger partial charge in [-0.25, -0.2) is 4.57 Å². The van der Waals surface area contributed by atoms with Crippen molar-refractivity contribution in [2.45, 2.75) is 113 Å². The fourth-order valence-electron chi connectivity index (χ4n) is 6.82. The SMILES string of the molecule is CCC1CC2CC3CC(CC)CC(C(C)(C)C)C3OP(=O)(O)OC2C(C(C)(C)C)C1. The Morgan fingerprint density at radius 1 is 0.733 bits per heavy atom. The lowest BCUT2D eigenvalue weighted by atomic mass is 9.58. The number of phosphoric acid groups is 1. The van der Waals surface area contributed by atoms with Crippen LogP contribution in [0.2, 0.25) is 0 Å². The van der Waals surface area contributed by atoms with E-state index in [4.69, 9.17) is 9.05 Å². The molecule has 3 fully saturated rings. The van der Waals surface area contributed by atoms with Crippen molar-refractivity contribution in [1.82, 2.24) is 0 Å². The number of hydrogen-bond donors (Lipinski definition) is 1. The van der Waals surface area contributed by atoms with Gasteiger partial charge in [-0.2, -0.15) is 0 Å². The van der Waals surface area contributed by atoms with E-state index < -0.39 is 7.82 Å². The van der Waals surface area contributed by atoms with Gasteiger partial charge in [0.1, 0.15) is 0 Å². The van der Waals surface area contributed by atoms with Crippen LogP contribution in [0.4, 0.5) is 0 Å². The molecule has 1 heterocycles. The lowest BCUT2D eigenvalue weighted by Gasteiger charge is -2.53. The number of rotatable bonds is 2. The second kappa shape index (κ2) is 8.81. The van der Waals surface area contributed by atoms with Gasteiger partial charge in [-0.1, -0.05) is 68.2 Å². The maximum Gasteiger partial charge on any atom is 0.472 e. The zero-order chi connectivity index (χ0) is 22.5. The summed E-state index contributed by atoms with van der Waals surface area (Å²) in [4.78, 5) is 10.9. The summed E-state index contributed by atoms with van der Waals surface area (Å²) in [6.45, 7) is 18.1. The largest absolute Gasteiger partial charge is 0.472 e. The first-order valence-corrected chi connectivity index (χ1v) is 13.9. The van der Waals surface area contributed by atoms with E-state index in [0.717, 1.165) is 32.1 Å². The predicted octanol–water partition coefficient (Wildman–Crippen LogP) is 7.46. The normalized spacial score (nSPS) is 45.8. The molecule has 8 unspecified atom stereocenters. The smallest absolute Gasteiger partial charge is 0.302 e. The van der Waals surface area contributed by atoms with Gasteiger partial charge >= 0.3 is 7.82 Å². The zero-order valence-corrected chi connectivity index (χ0v) is 21.6. The molecule has 1 aliphatic heterocycles. The van der Waals surface area contributed by atoms with Gasteiger partial charge in [-0.3, -0.25) is 9.05 Å². The van der Waals surface area contributed by atoms with Gasteiger partial charge in [0.15, 0.2) is 0 Å². The van der Waals surface area contributed by atoms with Crippen molar-refractivity contribution >= 4 is 7.82 Å². The minimum Gasteiger partial charge on any atom is -0.302 e. The first-order valence-electron chi connectivity index (χ1n) is 12.4. The van der Waals surface area contributed by atoms with Crippen LogP contribution in [0.5, 0.6) is 0 Å². The molecule has 3 rings (SSSR count). The maximum atomic E-state index is 13.3. The van der Waals surface area contributed by atoms with Crippen molar-refractivity contribution in [3.05, 3.63) is 0 Å². The van der Waals surface area contributed by atoms with Crippen LogP contribution in [0, 0.1) is 46.3 Å². The van der Waals surface area contributed by atoms with Crippen molar-refractivity contribution in [2.24, 2.45) is 46.3 Å². The molecule has 2 saturated carbocycles. The van der Waals surface area contributed by atoms with Crippen LogP contribution in [0.1, 0.15) is 100 Å². The van der Waals surface area contributed by atoms with Gasteiger partial charge in [0.2, 0.25) is 0 Å². The third kappa shape index (κ3) is 5.36. The van der Waals surface area contributed by atoms with Crippen LogP contribution in [0.15, 0.2) is 0 Å². The molecule has 2 aliphatic carbocycles. The minimum atomic E-state index is -4.11. The van der Waals surface area contributed by atoms with Gasteiger partial charge in [-0.05, 0) is 78.4 Å². The Labute approximate surface area is 185 Å². The summed E-state index contributed by atoms with van der Waals surface area (Å²) in [6, 6.07) is 0. The summed E-state index contributed by atoms with van der Waals surface area (Å²) < 4.78 is 25.4. The monoisotopic (exact) mass is 442 g/mol. The van der Waals surface area contributed by atoms with E-state index in [2.05, 4.69) is 55.4 Å². The summed E-state index contributed by atoms with van der Waals surface area (Å²) >= 11 is 0. The molecule has 0 aromatic rings. The van der Waals surface area contributed by atoms with Gasteiger partial charge in [-0.15, -0.1) is 0 Å². The number of phosphoric ester groups is 1. The average molecular weight is 443 g/mol. The highest BCUT2D eigenvalue weighted by atomic mass is 31.2. The molecule has 30 heavy (non-hydrogen) atoms. The summed E-state index contributed by atoms with van der Waals surface area (Å²) in [6.07, 6.45) is 7.47. The van der Waals surface area contributed by atoms with E-state index in [-0.39, 0.29) is 34.9 Å². The molecule has 0 spiro atoms. The quantitative estimate of drug-likeness (QED) is 0.451. The number of fused-ring (bicyclic) bond motifs is 2. The molecule has 3 aliphatic rings. The van der Waals surface area contributed by atoms with Gasteiger partial charge < -0.3 is 4.89 Å². The van der Waals surface area contributed by atoms with Gasteiger partial charge in [0.25, 0.3) is 0 Å². The summed E-state index contributed by atoms with van der Waals surface area (Å²) in [5, 5.41) is 0. The lowest BCUT2D eigenvalue weighted by molar-refractivity contribution is -0.117. The van der Waals surface area contributed by atoms with Crippen LogP contribution in [-0.2, 0) is 13.6 Å². The Balaban J connectivity index is 1.98. The third-order valence-electron chi connectivity index (χ3n) is 8.66. The van der Waals surface area contributed by atoms with E-state index in [9.17, 15) is 9.46 Å². The molecule has 4 nitrogen and oxygen atoms in total. The molecule has 0 aromatic heterocycles. The molecule has 8 atom stereocenters. The summed E-state index contributed by atoms with van der Waals surface area (Å²) in [7, 11) is -4.11. The molecule has 0 bridgehead atoms. The van der Waals surface area contributed by atoms with E-state index in [1.54, 1.807) is 0 Å². The van der Waals surface area contributed by atoms with Crippen LogP contribution in [0.25, 0.3) is 0 Å². The molecule has 0 aromatic carbocycles. The van der Waals surface area contributed by atoms with Crippen molar-refractivity contribution in [3.63, 3.8) is 0 Å².